The molecule has 1 heterocycles. The average molecular weight is 430 g/mol. The van der Waals surface area contributed by atoms with Crippen molar-refractivity contribution in [2.75, 3.05) is 6.61 Å². The number of unbranched alkanes of at least 4 members (excludes halogenated alkanes) is 5. The van der Waals surface area contributed by atoms with E-state index in [2.05, 4.69) is 79.5 Å². The fourth-order valence-electron chi connectivity index (χ4n) is 3.99. The van der Waals surface area contributed by atoms with Crippen LogP contribution in [-0.4, -0.2) is 11.6 Å². The van der Waals surface area contributed by atoms with Gasteiger partial charge in [0.15, 0.2) is 0 Å². The van der Waals surface area contributed by atoms with Crippen molar-refractivity contribution in [3.63, 3.8) is 0 Å². The van der Waals surface area contributed by atoms with Crippen molar-refractivity contribution in [3.05, 3.63) is 83.6 Å². The van der Waals surface area contributed by atoms with E-state index in [-0.39, 0.29) is 0 Å². The summed E-state index contributed by atoms with van der Waals surface area (Å²) in [6, 6.07) is 21.8. The van der Waals surface area contributed by atoms with Crippen LogP contribution in [0.15, 0.2) is 66.9 Å². The van der Waals surface area contributed by atoms with Crippen molar-refractivity contribution in [1.82, 2.24) is 4.98 Å². The Morgan fingerprint density at radius 1 is 0.594 bits per heavy atom. The third-order valence-electron chi connectivity index (χ3n) is 6.01. The number of nitrogens with zero attached hydrogens (tertiary/aromatic N) is 1. The van der Waals surface area contributed by atoms with Crippen LogP contribution in [0.3, 0.4) is 0 Å². The minimum absolute atomic E-state index is 0.827. The molecule has 0 saturated heterocycles. The van der Waals surface area contributed by atoms with E-state index < -0.39 is 0 Å². The number of aryl methyl sites for hydroxylation is 3. The molecule has 0 N–H and O–H groups in total. The van der Waals surface area contributed by atoms with Crippen molar-refractivity contribution >= 4 is 0 Å². The first-order valence-electron chi connectivity index (χ1n) is 12.5. The molecule has 2 heteroatoms. The average Bonchev–Trinajstić information content (AvgIpc) is 2.84. The molecule has 3 aromatic rings. The second-order valence-electron chi connectivity index (χ2n) is 8.76. The zero-order valence-corrected chi connectivity index (χ0v) is 20.0. The van der Waals surface area contributed by atoms with Crippen molar-refractivity contribution in [1.29, 1.82) is 0 Å². The maximum Gasteiger partial charge on any atom is 0.119 e. The highest BCUT2D eigenvalue weighted by atomic mass is 16.5. The summed E-state index contributed by atoms with van der Waals surface area (Å²) < 4.78 is 5.90. The van der Waals surface area contributed by atoms with Gasteiger partial charge in [-0.15, -0.1) is 0 Å². The van der Waals surface area contributed by atoms with Crippen LogP contribution < -0.4 is 4.74 Å². The molecular weight excluding hydrogens is 390 g/mol. The minimum Gasteiger partial charge on any atom is -0.494 e. The molecule has 32 heavy (non-hydrogen) atoms. The number of hydrogen-bond donors (Lipinski definition) is 0. The van der Waals surface area contributed by atoms with E-state index in [9.17, 15) is 0 Å². The van der Waals surface area contributed by atoms with E-state index in [1.807, 2.05) is 6.20 Å². The molecule has 2 aromatic carbocycles. The van der Waals surface area contributed by atoms with Crippen molar-refractivity contribution in [2.45, 2.75) is 78.1 Å². The Labute approximate surface area is 195 Å². The Balaban J connectivity index is 1.40. The Bertz CT molecular complexity index is 882. The molecule has 0 amide bonds. The Morgan fingerprint density at radius 3 is 1.84 bits per heavy atom. The zero-order chi connectivity index (χ0) is 22.4. The molecule has 2 nitrogen and oxygen atoms in total. The van der Waals surface area contributed by atoms with Gasteiger partial charge < -0.3 is 4.74 Å². The normalized spacial score (nSPS) is 10.9. The lowest BCUT2D eigenvalue weighted by Crippen LogP contribution is -1.98. The van der Waals surface area contributed by atoms with Gasteiger partial charge in [-0.2, -0.15) is 0 Å². The zero-order valence-electron chi connectivity index (χ0n) is 20.0. The maximum atomic E-state index is 5.90. The van der Waals surface area contributed by atoms with Gasteiger partial charge in [-0.05, 0) is 60.6 Å². The predicted octanol–water partition coefficient (Wildman–Crippen LogP) is 8.23. The topological polar surface area (TPSA) is 22.1 Å². The summed E-state index contributed by atoms with van der Waals surface area (Å²) >= 11 is 0. The third-order valence-corrected chi connectivity index (χ3v) is 6.01. The molecule has 0 atom stereocenters. The SMILES string of the molecule is CCCCCCCCOc1ccc(CCc2ccc(-c3ccc(CCC)cn3)cc2)cc1. The van der Waals surface area contributed by atoms with Crippen LogP contribution in [0.25, 0.3) is 11.3 Å². The first-order valence-corrected chi connectivity index (χ1v) is 12.5. The number of ether oxygens (including phenoxy) is 1. The van der Waals surface area contributed by atoms with Crippen LogP contribution in [0, 0.1) is 0 Å². The molecule has 0 spiro atoms. The van der Waals surface area contributed by atoms with Gasteiger partial charge in [-0.1, -0.05) is 94.8 Å². The molecule has 0 saturated carbocycles. The number of rotatable bonds is 14. The fourth-order valence-corrected chi connectivity index (χ4v) is 3.99. The van der Waals surface area contributed by atoms with Crippen LogP contribution >= 0.6 is 0 Å². The first-order chi connectivity index (χ1) is 15.8. The van der Waals surface area contributed by atoms with Gasteiger partial charge in [0.05, 0.1) is 12.3 Å². The van der Waals surface area contributed by atoms with Gasteiger partial charge in [0, 0.05) is 11.8 Å². The summed E-state index contributed by atoms with van der Waals surface area (Å²) in [7, 11) is 0. The molecule has 0 aliphatic heterocycles. The van der Waals surface area contributed by atoms with E-state index in [1.165, 1.54) is 54.4 Å². The molecule has 0 aliphatic rings. The quantitative estimate of drug-likeness (QED) is 0.241. The largest absolute Gasteiger partial charge is 0.494 e. The van der Waals surface area contributed by atoms with Gasteiger partial charge in [0.25, 0.3) is 0 Å². The molecule has 170 valence electrons. The number of aromatic nitrogens is 1. The van der Waals surface area contributed by atoms with E-state index in [0.717, 1.165) is 50.2 Å². The minimum atomic E-state index is 0.827. The van der Waals surface area contributed by atoms with Crippen LogP contribution in [0.5, 0.6) is 5.75 Å². The van der Waals surface area contributed by atoms with E-state index in [1.54, 1.807) is 0 Å². The summed E-state index contributed by atoms with van der Waals surface area (Å²) in [6.07, 6.45) is 14.1. The number of benzene rings is 2. The Hall–Kier alpha value is -2.61. The molecule has 1 aromatic heterocycles. The van der Waals surface area contributed by atoms with E-state index in [0.29, 0.717) is 0 Å². The van der Waals surface area contributed by atoms with Gasteiger partial charge in [0.1, 0.15) is 5.75 Å². The van der Waals surface area contributed by atoms with Gasteiger partial charge >= 0.3 is 0 Å². The summed E-state index contributed by atoms with van der Waals surface area (Å²) in [5, 5.41) is 0. The Kier molecular flexibility index (Phi) is 10.3. The van der Waals surface area contributed by atoms with Crippen molar-refractivity contribution in [3.8, 4) is 17.0 Å². The van der Waals surface area contributed by atoms with Crippen LogP contribution in [0.1, 0.15) is 75.5 Å². The molecule has 3 rings (SSSR count). The van der Waals surface area contributed by atoms with Crippen LogP contribution in [0.2, 0.25) is 0 Å². The second-order valence-corrected chi connectivity index (χ2v) is 8.76. The first kappa shape index (κ1) is 24.0. The van der Waals surface area contributed by atoms with Crippen molar-refractivity contribution in [2.24, 2.45) is 0 Å². The summed E-state index contributed by atoms with van der Waals surface area (Å²) in [5.41, 5.74) is 6.26. The number of pyridine rings is 1. The Morgan fingerprint density at radius 2 is 1.22 bits per heavy atom. The second kappa shape index (κ2) is 13.7. The standard InChI is InChI=1S/C30H39NO/c1-3-5-6-7-8-9-23-32-29-20-15-26(16-21-29)12-11-25-13-18-28(19-14-25)30-22-17-27(10-4-2)24-31-30/h13-22,24H,3-12,23H2,1-2H3. The van der Waals surface area contributed by atoms with E-state index in [4.69, 9.17) is 4.74 Å². The van der Waals surface area contributed by atoms with Gasteiger partial charge in [-0.25, -0.2) is 0 Å². The lowest BCUT2D eigenvalue weighted by Gasteiger charge is -2.08. The molecule has 0 radical (unpaired) electrons. The van der Waals surface area contributed by atoms with E-state index >= 15 is 0 Å². The third kappa shape index (κ3) is 8.15. The van der Waals surface area contributed by atoms with Crippen LogP contribution in [-0.2, 0) is 19.3 Å². The molecule has 0 aliphatic carbocycles. The summed E-state index contributed by atoms with van der Waals surface area (Å²) in [4.78, 5) is 4.63. The summed E-state index contributed by atoms with van der Waals surface area (Å²) in [5.74, 6) is 0.990. The van der Waals surface area contributed by atoms with Gasteiger partial charge in [-0.3, -0.25) is 4.98 Å². The monoisotopic (exact) mass is 429 g/mol. The lowest BCUT2D eigenvalue weighted by atomic mass is 10.0. The number of hydrogen-bond acceptors (Lipinski definition) is 2. The molecule has 0 bridgehead atoms. The highest BCUT2D eigenvalue weighted by Gasteiger charge is 2.02. The van der Waals surface area contributed by atoms with Gasteiger partial charge in [0.2, 0.25) is 0 Å². The smallest absolute Gasteiger partial charge is 0.119 e. The molecule has 0 unspecified atom stereocenters. The highest BCUT2D eigenvalue weighted by molar-refractivity contribution is 5.59. The maximum absolute atomic E-state index is 5.90. The molecule has 0 fully saturated rings. The predicted molar refractivity (Wildman–Crippen MR) is 136 cm³/mol. The lowest BCUT2D eigenvalue weighted by molar-refractivity contribution is 0.304. The summed E-state index contributed by atoms with van der Waals surface area (Å²) in [6.45, 7) is 5.29. The van der Waals surface area contributed by atoms with Crippen molar-refractivity contribution < 1.29 is 4.74 Å². The molecular formula is C30H39NO. The fraction of sp³-hybridized carbons (Fsp3) is 0.433. The van der Waals surface area contributed by atoms with Crippen LogP contribution in [0.4, 0.5) is 0 Å². The highest BCUT2D eigenvalue weighted by Crippen LogP contribution is 2.20.